The summed E-state index contributed by atoms with van der Waals surface area (Å²) in [6.45, 7) is 1.52. The van der Waals surface area contributed by atoms with Gasteiger partial charge in [-0.25, -0.2) is 0 Å². The number of nitrogens with one attached hydrogen (secondary N) is 1. The summed E-state index contributed by atoms with van der Waals surface area (Å²) < 4.78 is 5.69. The summed E-state index contributed by atoms with van der Waals surface area (Å²) in [5, 5.41) is 15.1. The number of oxime groups is 1. The molecule has 1 aromatic carbocycles. The van der Waals surface area contributed by atoms with Crippen LogP contribution < -0.4 is 15.8 Å². The molecule has 0 amide bonds. The molecular weight excluding hydrogens is 266 g/mol. The summed E-state index contributed by atoms with van der Waals surface area (Å²) >= 11 is 0. The van der Waals surface area contributed by atoms with Gasteiger partial charge in [0.15, 0.2) is 5.84 Å². The molecule has 0 atom stereocenters. The van der Waals surface area contributed by atoms with Crippen LogP contribution in [0.2, 0.25) is 0 Å². The van der Waals surface area contributed by atoms with Crippen LogP contribution >= 0.6 is 0 Å². The number of amidine groups is 1. The molecule has 116 valence electrons. The Kier molecular flexibility index (Phi) is 6.34. The van der Waals surface area contributed by atoms with Crippen molar-refractivity contribution in [2.75, 3.05) is 13.2 Å². The maximum absolute atomic E-state index is 8.60. The van der Waals surface area contributed by atoms with Gasteiger partial charge in [-0.15, -0.1) is 0 Å². The van der Waals surface area contributed by atoms with Crippen LogP contribution in [0.3, 0.4) is 0 Å². The Balaban J connectivity index is 1.68. The van der Waals surface area contributed by atoms with E-state index < -0.39 is 0 Å². The molecule has 5 heteroatoms. The first-order chi connectivity index (χ1) is 10.3. The van der Waals surface area contributed by atoms with Crippen molar-refractivity contribution in [3.05, 3.63) is 29.8 Å². The van der Waals surface area contributed by atoms with Gasteiger partial charge in [0.05, 0.1) is 0 Å². The molecule has 21 heavy (non-hydrogen) atoms. The Morgan fingerprint density at radius 3 is 2.48 bits per heavy atom. The van der Waals surface area contributed by atoms with Gasteiger partial charge in [-0.2, -0.15) is 0 Å². The van der Waals surface area contributed by atoms with Crippen LogP contribution in [0.15, 0.2) is 29.4 Å². The van der Waals surface area contributed by atoms with E-state index in [1.807, 2.05) is 12.1 Å². The lowest BCUT2D eigenvalue weighted by Gasteiger charge is -2.16. The molecule has 1 aliphatic rings. The van der Waals surface area contributed by atoms with E-state index in [4.69, 9.17) is 15.7 Å². The van der Waals surface area contributed by atoms with Crippen molar-refractivity contribution < 1.29 is 9.94 Å². The van der Waals surface area contributed by atoms with Gasteiger partial charge >= 0.3 is 0 Å². The molecule has 2 rings (SSSR count). The SMILES string of the molecule is NC(=NO)c1ccc(OCCNC2CCCCCC2)cc1. The van der Waals surface area contributed by atoms with E-state index in [1.165, 1.54) is 38.5 Å². The van der Waals surface area contributed by atoms with Crippen molar-refractivity contribution in [1.29, 1.82) is 0 Å². The van der Waals surface area contributed by atoms with Crippen molar-refractivity contribution in [1.82, 2.24) is 5.32 Å². The topological polar surface area (TPSA) is 79.9 Å². The van der Waals surface area contributed by atoms with E-state index in [-0.39, 0.29) is 5.84 Å². The highest BCUT2D eigenvalue weighted by atomic mass is 16.5. The largest absolute Gasteiger partial charge is 0.492 e. The zero-order chi connectivity index (χ0) is 14.9. The molecule has 1 aliphatic carbocycles. The number of rotatable bonds is 6. The minimum Gasteiger partial charge on any atom is -0.492 e. The lowest BCUT2D eigenvalue weighted by molar-refractivity contribution is 0.300. The molecule has 0 unspecified atom stereocenters. The lowest BCUT2D eigenvalue weighted by atomic mass is 10.1. The quantitative estimate of drug-likeness (QED) is 0.188. The second-order valence-corrected chi connectivity index (χ2v) is 5.50. The van der Waals surface area contributed by atoms with E-state index in [2.05, 4.69) is 10.5 Å². The van der Waals surface area contributed by atoms with E-state index in [0.29, 0.717) is 18.2 Å². The molecule has 4 N–H and O–H groups in total. The van der Waals surface area contributed by atoms with E-state index in [0.717, 1.165) is 12.3 Å². The minimum atomic E-state index is 0.108. The van der Waals surface area contributed by atoms with Crippen molar-refractivity contribution in [2.24, 2.45) is 10.9 Å². The van der Waals surface area contributed by atoms with Crippen LogP contribution in [0.5, 0.6) is 5.75 Å². The monoisotopic (exact) mass is 291 g/mol. The van der Waals surface area contributed by atoms with E-state index >= 15 is 0 Å². The van der Waals surface area contributed by atoms with Gasteiger partial charge in [-0.05, 0) is 37.1 Å². The fourth-order valence-corrected chi connectivity index (χ4v) is 2.70. The summed E-state index contributed by atoms with van der Waals surface area (Å²) in [6, 6.07) is 7.88. The summed E-state index contributed by atoms with van der Waals surface area (Å²) in [7, 11) is 0. The molecule has 0 saturated heterocycles. The number of benzene rings is 1. The smallest absolute Gasteiger partial charge is 0.170 e. The van der Waals surface area contributed by atoms with Crippen molar-refractivity contribution in [3.8, 4) is 5.75 Å². The molecule has 1 saturated carbocycles. The highest BCUT2D eigenvalue weighted by Crippen LogP contribution is 2.17. The molecule has 5 nitrogen and oxygen atoms in total. The third-order valence-electron chi connectivity index (χ3n) is 3.92. The first-order valence-electron chi connectivity index (χ1n) is 7.74. The predicted octanol–water partition coefficient (Wildman–Crippen LogP) is 2.47. The average molecular weight is 291 g/mol. The van der Waals surface area contributed by atoms with Gasteiger partial charge in [0.25, 0.3) is 0 Å². The highest BCUT2D eigenvalue weighted by molar-refractivity contribution is 5.97. The summed E-state index contributed by atoms with van der Waals surface area (Å²) in [5.41, 5.74) is 6.19. The molecule has 0 aliphatic heterocycles. The molecule has 0 aromatic heterocycles. The maximum Gasteiger partial charge on any atom is 0.170 e. The molecule has 1 fully saturated rings. The summed E-state index contributed by atoms with van der Waals surface area (Å²) in [4.78, 5) is 0. The van der Waals surface area contributed by atoms with Crippen molar-refractivity contribution in [3.63, 3.8) is 0 Å². The van der Waals surface area contributed by atoms with E-state index in [9.17, 15) is 0 Å². The van der Waals surface area contributed by atoms with E-state index in [1.54, 1.807) is 12.1 Å². The van der Waals surface area contributed by atoms with Crippen LogP contribution in [0.4, 0.5) is 0 Å². The summed E-state index contributed by atoms with van der Waals surface area (Å²) in [5.74, 6) is 0.906. The fourth-order valence-electron chi connectivity index (χ4n) is 2.70. The van der Waals surface area contributed by atoms with Crippen LogP contribution in [0.25, 0.3) is 0 Å². The average Bonchev–Trinajstić information content (AvgIpc) is 2.80. The lowest BCUT2D eigenvalue weighted by Crippen LogP contribution is -2.32. The third kappa shape index (κ3) is 5.27. The Bertz CT molecular complexity index is 437. The maximum atomic E-state index is 8.60. The zero-order valence-corrected chi connectivity index (χ0v) is 12.4. The number of hydrogen-bond acceptors (Lipinski definition) is 4. The molecular formula is C16H25N3O2. The highest BCUT2D eigenvalue weighted by Gasteiger charge is 2.10. The third-order valence-corrected chi connectivity index (χ3v) is 3.92. The second kappa shape index (κ2) is 8.52. The normalized spacial score (nSPS) is 17.4. The van der Waals surface area contributed by atoms with Gasteiger partial charge in [0.2, 0.25) is 0 Å². The predicted molar refractivity (Wildman–Crippen MR) is 83.9 cm³/mol. The first kappa shape index (κ1) is 15.6. The van der Waals surface area contributed by atoms with Crippen molar-refractivity contribution >= 4 is 5.84 Å². The van der Waals surface area contributed by atoms with Gasteiger partial charge in [0, 0.05) is 18.2 Å². The number of hydrogen-bond donors (Lipinski definition) is 3. The van der Waals surface area contributed by atoms with Gasteiger partial charge in [0.1, 0.15) is 12.4 Å². The molecule has 0 heterocycles. The zero-order valence-electron chi connectivity index (χ0n) is 12.4. The van der Waals surface area contributed by atoms with Crippen LogP contribution in [0.1, 0.15) is 44.1 Å². The van der Waals surface area contributed by atoms with Crippen LogP contribution in [0, 0.1) is 0 Å². The van der Waals surface area contributed by atoms with Crippen LogP contribution in [-0.4, -0.2) is 30.2 Å². The Morgan fingerprint density at radius 1 is 1.19 bits per heavy atom. The van der Waals surface area contributed by atoms with Gasteiger partial charge in [-0.1, -0.05) is 30.8 Å². The van der Waals surface area contributed by atoms with Crippen molar-refractivity contribution in [2.45, 2.75) is 44.6 Å². The van der Waals surface area contributed by atoms with Crippen LogP contribution in [-0.2, 0) is 0 Å². The molecule has 0 spiro atoms. The fraction of sp³-hybridized carbons (Fsp3) is 0.562. The van der Waals surface area contributed by atoms with Gasteiger partial charge < -0.3 is 21.0 Å². The Morgan fingerprint density at radius 2 is 1.86 bits per heavy atom. The Hall–Kier alpha value is -1.75. The first-order valence-corrected chi connectivity index (χ1v) is 7.74. The second-order valence-electron chi connectivity index (χ2n) is 5.50. The molecule has 0 bridgehead atoms. The number of nitrogens with two attached hydrogens (primary N) is 1. The van der Waals surface area contributed by atoms with Gasteiger partial charge in [-0.3, -0.25) is 0 Å². The standard InChI is InChI=1S/C16H25N3O2/c17-16(19-20)13-7-9-15(10-8-13)21-12-11-18-14-5-3-1-2-4-6-14/h7-10,14,18,20H,1-6,11-12H2,(H2,17,19). The number of ether oxygens (including phenoxy) is 1. The molecule has 0 radical (unpaired) electrons. The Labute approximate surface area is 126 Å². The number of nitrogens with zero attached hydrogens (tertiary/aromatic N) is 1. The summed E-state index contributed by atoms with van der Waals surface area (Å²) in [6.07, 6.45) is 8.01. The minimum absolute atomic E-state index is 0.108. The molecule has 1 aromatic rings.